The standard InChI is InChI=1S/C36H45N3O4/c1-4-7-22-39(36(41)29-15-19-32(20-16-29)43-24-8-5-2)27-35(40)38(26-28-13-17-31(18-14-28)42-6-3)23-21-30-25-37-34-12-10-9-11-33(30)34/h9-20,25,37H,4-8,21-24,26-27H2,1-3H3. The highest BCUT2D eigenvalue weighted by Crippen LogP contribution is 2.20. The van der Waals surface area contributed by atoms with Crippen molar-refractivity contribution in [1.29, 1.82) is 0 Å². The molecular weight excluding hydrogens is 538 g/mol. The summed E-state index contributed by atoms with van der Waals surface area (Å²) in [4.78, 5) is 34.5. The molecule has 4 rings (SSSR count). The fourth-order valence-electron chi connectivity index (χ4n) is 5.04. The van der Waals surface area contributed by atoms with Crippen molar-refractivity contribution in [3.63, 3.8) is 0 Å². The van der Waals surface area contributed by atoms with E-state index < -0.39 is 0 Å². The Bertz CT molecular complexity index is 1430. The summed E-state index contributed by atoms with van der Waals surface area (Å²) in [6.45, 7) is 8.97. The van der Waals surface area contributed by atoms with Crippen LogP contribution in [0.5, 0.6) is 11.5 Å². The van der Waals surface area contributed by atoms with Crippen LogP contribution in [-0.4, -0.2) is 59.4 Å². The summed E-state index contributed by atoms with van der Waals surface area (Å²) in [6.07, 6.45) is 6.53. The Kier molecular flexibility index (Phi) is 12.1. The van der Waals surface area contributed by atoms with Crippen LogP contribution in [0.25, 0.3) is 10.9 Å². The number of aromatic amines is 1. The Morgan fingerprint density at radius 2 is 1.47 bits per heavy atom. The van der Waals surface area contributed by atoms with Gasteiger partial charge < -0.3 is 24.3 Å². The van der Waals surface area contributed by atoms with Crippen molar-refractivity contribution in [2.75, 3.05) is 32.8 Å². The number of nitrogens with zero attached hydrogens (tertiary/aromatic N) is 2. The highest BCUT2D eigenvalue weighted by Gasteiger charge is 2.23. The van der Waals surface area contributed by atoms with Crippen LogP contribution < -0.4 is 9.47 Å². The van der Waals surface area contributed by atoms with Crippen LogP contribution in [0, 0.1) is 0 Å². The average molecular weight is 584 g/mol. The van der Waals surface area contributed by atoms with Gasteiger partial charge >= 0.3 is 0 Å². The molecular formula is C36H45N3O4. The number of para-hydroxylation sites is 1. The maximum atomic E-state index is 13.9. The first-order valence-corrected chi connectivity index (χ1v) is 15.6. The van der Waals surface area contributed by atoms with Crippen molar-refractivity contribution in [1.82, 2.24) is 14.8 Å². The number of carbonyl (C=O) groups is 2. The number of H-pyrrole nitrogens is 1. The summed E-state index contributed by atoms with van der Waals surface area (Å²) in [7, 11) is 0. The highest BCUT2D eigenvalue weighted by atomic mass is 16.5. The van der Waals surface area contributed by atoms with E-state index in [0.29, 0.717) is 44.8 Å². The fraction of sp³-hybridized carbons (Fsp3) is 0.389. The highest BCUT2D eigenvalue weighted by molar-refractivity contribution is 5.96. The van der Waals surface area contributed by atoms with Crippen LogP contribution in [0.3, 0.4) is 0 Å². The summed E-state index contributed by atoms with van der Waals surface area (Å²) in [5.74, 6) is 1.35. The van der Waals surface area contributed by atoms with Gasteiger partial charge in [-0.1, -0.05) is 57.0 Å². The van der Waals surface area contributed by atoms with Gasteiger partial charge in [0.2, 0.25) is 5.91 Å². The molecule has 0 radical (unpaired) electrons. The maximum Gasteiger partial charge on any atom is 0.254 e. The SMILES string of the molecule is CCCCOc1ccc(C(=O)N(CCCC)CC(=O)N(CCc2c[nH]c3ccccc23)Cc2ccc(OCC)cc2)cc1. The van der Waals surface area contributed by atoms with E-state index in [2.05, 4.69) is 31.0 Å². The van der Waals surface area contributed by atoms with E-state index in [1.165, 1.54) is 5.56 Å². The molecule has 228 valence electrons. The third-order valence-corrected chi connectivity index (χ3v) is 7.55. The van der Waals surface area contributed by atoms with E-state index in [9.17, 15) is 9.59 Å². The van der Waals surface area contributed by atoms with Gasteiger partial charge in [-0.2, -0.15) is 0 Å². The molecule has 0 fully saturated rings. The second-order valence-electron chi connectivity index (χ2n) is 10.8. The number of benzene rings is 3. The second-order valence-corrected chi connectivity index (χ2v) is 10.8. The minimum absolute atomic E-state index is 0.0263. The van der Waals surface area contributed by atoms with Crippen molar-refractivity contribution in [3.8, 4) is 11.5 Å². The van der Waals surface area contributed by atoms with Crippen molar-refractivity contribution < 1.29 is 19.1 Å². The lowest BCUT2D eigenvalue weighted by Crippen LogP contribution is -2.43. The number of hydrogen-bond donors (Lipinski definition) is 1. The monoisotopic (exact) mass is 583 g/mol. The molecule has 0 aliphatic heterocycles. The maximum absolute atomic E-state index is 13.9. The summed E-state index contributed by atoms with van der Waals surface area (Å²) in [5.41, 5.74) is 3.82. The number of fused-ring (bicyclic) bond motifs is 1. The van der Waals surface area contributed by atoms with E-state index in [-0.39, 0.29) is 18.4 Å². The molecule has 4 aromatic rings. The number of rotatable bonds is 17. The molecule has 0 aliphatic rings. The molecule has 1 heterocycles. The number of carbonyl (C=O) groups excluding carboxylic acids is 2. The lowest BCUT2D eigenvalue weighted by molar-refractivity contribution is -0.132. The van der Waals surface area contributed by atoms with Crippen LogP contribution in [0.1, 0.15) is 67.9 Å². The minimum Gasteiger partial charge on any atom is -0.494 e. The number of amides is 2. The molecule has 0 aliphatic carbocycles. The quantitative estimate of drug-likeness (QED) is 0.133. The lowest BCUT2D eigenvalue weighted by atomic mass is 10.1. The van der Waals surface area contributed by atoms with Gasteiger partial charge in [0.15, 0.2) is 0 Å². The first-order valence-electron chi connectivity index (χ1n) is 15.6. The van der Waals surface area contributed by atoms with Gasteiger partial charge in [-0.05, 0) is 79.8 Å². The van der Waals surface area contributed by atoms with Crippen LogP contribution in [0.15, 0.2) is 79.0 Å². The number of nitrogens with one attached hydrogen (secondary N) is 1. The Hall–Kier alpha value is -4.26. The smallest absolute Gasteiger partial charge is 0.254 e. The Morgan fingerprint density at radius 1 is 0.767 bits per heavy atom. The normalized spacial score (nSPS) is 11.0. The molecule has 0 spiro atoms. The topological polar surface area (TPSA) is 74.9 Å². The molecule has 43 heavy (non-hydrogen) atoms. The molecule has 7 nitrogen and oxygen atoms in total. The predicted octanol–water partition coefficient (Wildman–Crippen LogP) is 7.26. The molecule has 0 saturated carbocycles. The zero-order valence-electron chi connectivity index (χ0n) is 25.8. The largest absolute Gasteiger partial charge is 0.494 e. The van der Waals surface area contributed by atoms with Crippen molar-refractivity contribution in [2.24, 2.45) is 0 Å². The van der Waals surface area contributed by atoms with Crippen molar-refractivity contribution in [2.45, 2.75) is 59.4 Å². The van der Waals surface area contributed by atoms with E-state index >= 15 is 0 Å². The van der Waals surface area contributed by atoms with E-state index in [0.717, 1.165) is 53.6 Å². The van der Waals surface area contributed by atoms with Gasteiger partial charge in [0.25, 0.3) is 5.91 Å². The third kappa shape index (κ3) is 9.11. The van der Waals surface area contributed by atoms with Crippen molar-refractivity contribution >= 4 is 22.7 Å². The molecule has 0 unspecified atom stereocenters. The minimum atomic E-state index is -0.139. The Labute approximate surface area is 255 Å². The summed E-state index contributed by atoms with van der Waals surface area (Å²) in [5, 5.41) is 1.16. The summed E-state index contributed by atoms with van der Waals surface area (Å²) in [6, 6.07) is 23.3. The molecule has 1 N–H and O–H groups in total. The van der Waals surface area contributed by atoms with Gasteiger partial charge in [-0.25, -0.2) is 0 Å². The van der Waals surface area contributed by atoms with Crippen LogP contribution in [0.4, 0.5) is 0 Å². The van der Waals surface area contributed by atoms with Crippen LogP contribution >= 0.6 is 0 Å². The Morgan fingerprint density at radius 3 is 2.19 bits per heavy atom. The molecule has 1 aromatic heterocycles. The van der Waals surface area contributed by atoms with Gasteiger partial charge in [0.05, 0.1) is 13.2 Å². The van der Waals surface area contributed by atoms with E-state index in [1.807, 2.05) is 66.6 Å². The van der Waals surface area contributed by atoms with E-state index in [1.54, 1.807) is 17.0 Å². The zero-order valence-corrected chi connectivity index (χ0v) is 25.8. The zero-order chi connectivity index (χ0) is 30.4. The molecule has 0 atom stereocenters. The number of ether oxygens (including phenoxy) is 2. The lowest BCUT2D eigenvalue weighted by Gasteiger charge is -2.28. The molecule has 0 bridgehead atoms. The Balaban J connectivity index is 1.50. The van der Waals surface area contributed by atoms with Crippen LogP contribution in [-0.2, 0) is 17.8 Å². The molecule has 0 saturated heterocycles. The van der Waals surface area contributed by atoms with Crippen molar-refractivity contribution in [3.05, 3.63) is 95.7 Å². The van der Waals surface area contributed by atoms with Gasteiger partial charge in [0, 0.05) is 42.3 Å². The van der Waals surface area contributed by atoms with Gasteiger partial charge in [-0.15, -0.1) is 0 Å². The number of hydrogen-bond acceptors (Lipinski definition) is 4. The first-order chi connectivity index (χ1) is 21.0. The number of unbranched alkanes of at least 4 members (excludes halogenated alkanes) is 2. The van der Waals surface area contributed by atoms with Crippen LogP contribution in [0.2, 0.25) is 0 Å². The second kappa shape index (κ2) is 16.4. The fourth-order valence-corrected chi connectivity index (χ4v) is 5.04. The van der Waals surface area contributed by atoms with Gasteiger partial charge in [-0.3, -0.25) is 9.59 Å². The summed E-state index contributed by atoms with van der Waals surface area (Å²) >= 11 is 0. The first kappa shape index (κ1) is 31.7. The number of aromatic nitrogens is 1. The third-order valence-electron chi connectivity index (χ3n) is 7.55. The molecule has 3 aromatic carbocycles. The summed E-state index contributed by atoms with van der Waals surface area (Å²) < 4.78 is 11.4. The predicted molar refractivity (Wildman–Crippen MR) is 173 cm³/mol. The van der Waals surface area contributed by atoms with E-state index in [4.69, 9.17) is 9.47 Å². The molecule has 7 heteroatoms. The van der Waals surface area contributed by atoms with Gasteiger partial charge in [0.1, 0.15) is 18.0 Å². The average Bonchev–Trinajstić information content (AvgIpc) is 3.45. The molecule has 2 amide bonds.